The van der Waals surface area contributed by atoms with Gasteiger partial charge in [-0.25, -0.2) is 0 Å². The van der Waals surface area contributed by atoms with E-state index in [-0.39, 0.29) is 0 Å². The summed E-state index contributed by atoms with van der Waals surface area (Å²) < 4.78 is 1.19. The molecule has 23 heavy (non-hydrogen) atoms. The number of nitroso groups, excluding NO2 is 1. The maximum absolute atomic E-state index is 13.4. The van der Waals surface area contributed by atoms with E-state index >= 15 is 0 Å². The van der Waals surface area contributed by atoms with E-state index in [1.807, 2.05) is 92.0 Å². The van der Waals surface area contributed by atoms with Gasteiger partial charge in [0.05, 0.1) is 5.70 Å². The molecule has 0 unspecified atom stereocenters. The average Bonchev–Trinajstić information content (AvgIpc) is 2.86. The minimum Gasteiger partial charge on any atom is -0.446 e. The van der Waals surface area contributed by atoms with E-state index < -0.39 is 6.42 Å². The summed E-state index contributed by atoms with van der Waals surface area (Å²) in [6.45, 7) is 1.90. The van der Waals surface area contributed by atoms with E-state index in [9.17, 15) is 4.91 Å². The van der Waals surface area contributed by atoms with Crippen molar-refractivity contribution in [3.05, 3.63) is 101 Å². The normalized spacial score (nSPS) is 18.5. The Kier molecular flexibility index (Phi) is 3.05. The molecule has 0 aliphatic carbocycles. The molecule has 2 aromatic rings. The lowest BCUT2D eigenvalue weighted by Crippen LogP contribution is -2.71. The molecular weight excluding hydrogens is 283 g/mol. The van der Waals surface area contributed by atoms with Crippen molar-refractivity contribution in [2.24, 2.45) is 0 Å². The van der Waals surface area contributed by atoms with E-state index in [1.165, 1.54) is 4.67 Å². The largest absolute Gasteiger partial charge is 0.484 e. The minimum atomic E-state index is -1.76. The van der Waals surface area contributed by atoms with Crippen molar-refractivity contribution in [3.8, 4) is 0 Å². The molecule has 2 aliphatic heterocycles. The molecule has 2 aromatic carbocycles. The Morgan fingerprint density at radius 2 is 1.43 bits per heavy atom. The highest BCUT2D eigenvalue weighted by molar-refractivity contribution is 6.95. The zero-order valence-electron chi connectivity index (χ0n) is 13.0. The van der Waals surface area contributed by atoms with E-state index in [0.29, 0.717) is 0 Å². The van der Waals surface area contributed by atoms with Gasteiger partial charge in [0.25, 0.3) is 0 Å². The number of fused-ring (bicyclic) bond motifs is 1. The topological polar surface area (TPSA) is 23.3 Å². The molecule has 0 amide bonds. The van der Waals surface area contributed by atoms with Crippen LogP contribution in [0.25, 0.3) is 0 Å². The van der Waals surface area contributed by atoms with Crippen molar-refractivity contribution in [1.82, 2.24) is 4.81 Å². The van der Waals surface area contributed by atoms with Crippen molar-refractivity contribution >= 4 is 17.3 Å². The standard InChI is InChI=1S/C19H17BN2O/c1-16-19-14-8-9-15-21(19)20(22(16)23,17-10-4-2-5-11-17)18-12-6-3-7-13-18/h2-15H,1H3. The first kappa shape index (κ1) is 13.8. The van der Waals surface area contributed by atoms with Gasteiger partial charge in [-0.3, -0.25) is 0 Å². The van der Waals surface area contributed by atoms with E-state index in [0.717, 1.165) is 22.3 Å². The smallest absolute Gasteiger partial charge is 0.446 e. The zero-order valence-corrected chi connectivity index (χ0v) is 13.0. The highest BCUT2D eigenvalue weighted by Gasteiger charge is 2.57. The Morgan fingerprint density at radius 1 is 0.870 bits per heavy atom. The molecule has 0 saturated heterocycles. The molecule has 4 heteroatoms. The van der Waals surface area contributed by atoms with Crippen molar-refractivity contribution in [3.63, 3.8) is 0 Å². The van der Waals surface area contributed by atoms with Gasteiger partial charge >= 0.3 is 6.42 Å². The summed E-state index contributed by atoms with van der Waals surface area (Å²) in [7, 11) is 0. The van der Waals surface area contributed by atoms with Gasteiger partial charge in [-0.05, 0) is 23.3 Å². The second kappa shape index (κ2) is 5.09. The number of rotatable bonds is 2. The van der Waals surface area contributed by atoms with Crippen molar-refractivity contribution in [2.45, 2.75) is 6.92 Å². The number of hydrogen-bond acceptors (Lipinski definition) is 2. The predicted molar refractivity (Wildman–Crippen MR) is 94.4 cm³/mol. The van der Waals surface area contributed by atoms with Crippen LogP contribution in [0, 0.1) is 4.91 Å². The third kappa shape index (κ3) is 1.78. The first-order chi connectivity index (χ1) is 11.3. The lowest BCUT2D eigenvalue weighted by Gasteiger charge is -2.38. The fourth-order valence-corrected chi connectivity index (χ4v) is 3.82. The second-order valence-electron chi connectivity index (χ2n) is 6.00. The lowest BCUT2D eigenvalue weighted by molar-refractivity contribution is -0.357. The number of nitrogens with zero attached hydrogens (tertiary/aromatic N) is 2. The molecule has 0 atom stereocenters. The molecule has 0 saturated carbocycles. The Labute approximate surface area is 135 Å². The Balaban J connectivity index is 2.05. The van der Waals surface area contributed by atoms with Gasteiger partial charge in [0.2, 0.25) is 0 Å². The second-order valence-corrected chi connectivity index (χ2v) is 6.00. The van der Waals surface area contributed by atoms with Gasteiger partial charge in [0.15, 0.2) is 5.70 Å². The summed E-state index contributed by atoms with van der Waals surface area (Å²) in [5.74, 6) is 0. The van der Waals surface area contributed by atoms with E-state index in [4.69, 9.17) is 0 Å². The fraction of sp³-hybridized carbons (Fsp3) is 0.0526. The Hall–Kier alpha value is -2.88. The molecule has 0 N–H and O–H groups in total. The van der Waals surface area contributed by atoms with Crippen LogP contribution in [0.15, 0.2) is 96.5 Å². The molecule has 4 rings (SSSR count). The maximum atomic E-state index is 13.4. The number of benzene rings is 2. The molecule has 2 heterocycles. The van der Waals surface area contributed by atoms with Crippen LogP contribution in [0.5, 0.6) is 0 Å². The average molecular weight is 300 g/mol. The van der Waals surface area contributed by atoms with E-state index in [1.54, 1.807) is 0 Å². The van der Waals surface area contributed by atoms with Crippen molar-refractivity contribution in [2.75, 3.05) is 0 Å². The maximum Gasteiger partial charge on any atom is 0.484 e. The van der Waals surface area contributed by atoms with Crippen molar-refractivity contribution < 1.29 is 4.67 Å². The molecule has 112 valence electrons. The summed E-state index contributed by atoms with van der Waals surface area (Å²) in [6.07, 6.45) is 6.22. The molecule has 0 aromatic heterocycles. The highest BCUT2D eigenvalue weighted by atomic mass is 16.3. The lowest BCUT2D eigenvalue weighted by atomic mass is 9.36. The Bertz CT molecular complexity index is 814. The number of hydrogen-bond donors (Lipinski definition) is 0. The van der Waals surface area contributed by atoms with Gasteiger partial charge in [-0.15, -0.1) is 15.6 Å². The SMILES string of the molecule is CC1=C2C=CC=CN2[B-](c2ccccc2)(c2ccccc2)[N+]1=O. The number of allylic oxidation sites excluding steroid dienone is 4. The summed E-state index contributed by atoms with van der Waals surface area (Å²) in [6, 6.07) is 20.1. The van der Waals surface area contributed by atoms with Crippen LogP contribution in [-0.2, 0) is 0 Å². The molecule has 3 nitrogen and oxygen atoms in total. The molecule has 0 fully saturated rings. The molecule has 0 radical (unpaired) electrons. The molecule has 0 spiro atoms. The summed E-state index contributed by atoms with van der Waals surface area (Å²) in [5.41, 5.74) is 3.75. The van der Waals surface area contributed by atoms with Crippen LogP contribution in [0.2, 0.25) is 0 Å². The van der Waals surface area contributed by atoms with Gasteiger partial charge in [-0.2, -0.15) is 0 Å². The predicted octanol–water partition coefficient (Wildman–Crippen LogP) is 2.65. The van der Waals surface area contributed by atoms with Gasteiger partial charge in [0, 0.05) is 6.92 Å². The highest BCUT2D eigenvalue weighted by Crippen LogP contribution is 2.33. The van der Waals surface area contributed by atoms with Crippen LogP contribution in [-0.4, -0.2) is 15.9 Å². The first-order valence-electron chi connectivity index (χ1n) is 7.84. The summed E-state index contributed by atoms with van der Waals surface area (Å²) in [4.78, 5) is 15.5. The van der Waals surface area contributed by atoms with Gasteiger partial charge in [0.1, 0.15) is 0 Å². The van der Waals surface area contributed by atoms with Crippen LogP contribution < -0.4 is 10.9 Å². The monoisotopic (exact) mass is 300 g/mol. The van der Waals surface area contributed by atoms with Crippen LogP contribution in [0.1, 0.15) is 6.92 Å². The zero-order chi connectivity index (χ0) is 15.9. The third-order valence-electron chi connectivity index (χ3n) is 4.86. The van der Waals surface area contributed by atoms with Crippen LogP contribution in [0.4, 0.5) is 0 Å². The summed E-state index contributed by atoms with van der Waals surface area (Å²) in [5, 5.41) is 0. The first-order valence-corrected chi connectivity index (χ1v) is 7.84. The van der Waals surface area contributed by atoms with Crippen LogP contribution in [0.3, 0.4) is 0 Å². The van der Waals surface area contributed by atoms with Gasteiger partial charge < -0.3 is 4.81 Å². The molecule has 0 bridgehead atoms. The quantitative estimate of drug-likeness (QED) is 0.796. The molecule has 2 aliphatic rings. The minimum absolute atomic E-state index is 0.748. The fourth-order valence-electron chi connectivity index (χ4n) is 3.82. The summed E-state index contributed by atoms with van der Waals surface area (Å²) >= 11 is 0. The van der Waals surface area contributed by atoms with E-state index in [2.05, 4.69) is 4.81 Å². The third-order valence-corrected chi connectivity index (χ3v) is 4.86. The van der Waals surface area contributed by atoms with Crippen molar-refractivity contribution in [1.29, 1.82) is 0 Å². The Morgan fingerprint density at radius 3 is 2.00 bits per heavy atom. The molecular formula is C19H17BN2O. The van der Waals surface area contributed by atoms with Gasteiger partial charge in [-0.1, -0.05) is 66.7 Å². The van der Waals surface area contributed by atoms with Crippen LogP contribution >= 0.6 is 0 Å².